The van der Waals surface area contributed by atoms with Crippen molar-refractivity contribution in [3.8, 4) is 11.1 Å². The lowest BCUT2D eigenvalue weighted by Gasteiger charge is -2.34. The van der Waals surface area contributed by atoms with Crippen molar-refractivity contribution in [2.75, 3.05) is 32.8 Å². The summed E-state index contributed by atoms with van der Waals surface area (Å²) in [6, 6.07) is 26.2. The highest BCUT2D eigenvalue weighted by Crippen LogP contribution is 2.44. The molecule has 3 aromatic rings. The lowest BCUT2D eigenvalue weighted by atomic mass is 9.98. The minimum atomic E-state index is -0.358. The van der Waals surface area contributed by atoms with E-state index >= 15 is 0 Å². The van der Waals surface area contributed by atoms with Crippen LogP contribution in [0.3, 0.4) is 0 Å². The van der Waals surface area contributed by atoms with E-state index in [1.807, 2.05) is 61.5 Å². The summed E-state index contributed by atoms with van der Waals surface area (Å²) < 4.78 is 11.4. The van der Waals surface area contributed by atoms with E-state index in [9.17, 15) is 9.59 Å². The van der Waals surface area contributed by atoms with Crippen molar-refractivity contribution >= 4 is 12.2 Å². The van der Waals surface area contributed by atoms with Crippen LogP contribution in [0.5, 0.6) is 0 Å². The van der Waals surface area contributed by atoms with E-state index in [-0.39, 0.29) is 24.2 Å². The van der Waals surface area contributed by atoms with E-state index in [0.29, 0.717) is 32.8 Å². The lowest BCUT2D eigenvalue weighted by molar-refractivity contribution is 0.0441. The van der Waals surface area contributed by atoms with Crippen molar-refractivity contribution in [2.45, 2.75) is 18.9 Å². The largest absolute Gasteiger partial charge is 0.448 e. The van der Waals surface area contributed by atoms with Gasteiger partial charge in [0.05, 0.1) is 0 Å². The molecule has 1 fully saturated rings. The van der Waals surface area contributed by atoms with Crippen LogP contribution in [0, 0.1) is 0 Å². The van der Waals surface area contributed by atoms with Crippen molar-refractivity contribution < 1.29 is 19.1 Å². The summed E-state index contributed by atoms with van der Waals surface area (Å²) in [7, 11) is 0. The third-order valence-electron chi connectivity index (χ3n) is 6.68. The first-order valence-electron chi connectivity index (χ1n) is 11.7. The van der Waals surface area contributed by atoms with Crippen LogP contribution in [-0.2, 0) is 9.47 Å². The Bertz CT molecular complexity index is 1130. The van der Waals surface area contributed by atoms with Gasteiger partial charge in [-0.2, -0.15) is 0 Å². The van der Waals surface area contributed by atoms with Crippen LogP contribution in [-0.4, -0.2) is 54.8 Å². The summed E-state index contributed by atoms with van der Waals surface area (Å²) in [5.41, 5.74) is 5.74. The summed E-state index contributed by atoms with van der Waals surface area (Å²) in [5, 5.41) is 0. The van der Waals surface area contributed by atoms with Crippen LogP contribution in [0.15, 0.2) is 78.9 Å². The van der Waals surface area contributed by atoms with Gasteiger partial charge in [-0.3, -0.25) is 0 Å². The summed E-state index contributed by atoms with van der Waals surface area (Å²) in [6.45, 7) is 3.84. The minimum absolute atomic E-state index is 0.0343. The molecular formula is C28H28N2O4. The van der Waals surface area contributed by atoms with Crippen LogP contribution < -0.4 is 0 Å². The molecule has 6 nitrogen and oxygen atoms in total. The average molecular weight is 457 g/mol. The summed E-state index contributed by atoms with van der Waals surface area (Å²) in [6.07, 6.45) is -1.02. The Morgan fingerprint density at radius 1 is 0.765 bits per heavy atom. The van der Waals surface area contributed by atoms with Crippen molar-refractivity contribution in [1.82, 2.24) is 9.80 Å². The van der Waals surface area contributed by atoms with Gasteiger partial charge in [0.25, 0.3) is 0 Å². The predicted molar refractivity (Wildman–Crippen MR) is 130 cm³/mol. The number of rotatable bonds is 4. The van der Waals surface area contributed by atoms with Crippen molar-refractivity contribution in [2.24, 2.45) is 0 Å². The number of hydrogen-bond acceptors (Lipinski definition) is 4. The van der Waals surface area contributed by atoms with Gasteiger partial charge in [0.1, 0.15) is 12.7 Å². The second kappa shape index (κ2) is 9.59. The molecule has 174 valence electrons. The minimum Gasteiger partial charge on any atom is -0.448 e. The zero-order chi connectivity index (χ0) is 23.5. The Morgan fingerprint density at radius 3 is 1.85 bits per heavy atom. The van der Waals surface area contributed by atoms with Crippen LogP contribution in [0.25, 0.3) is 11.1 Å². The van der Waals surface area contributed by atoms with Crippen molar-refractivity contribution in [3.05, 3.63) is 95.6 Å². The molecule has 2 aliphatic rings. The molecular weight excluding hydrogens is 428 g/mol. The molecule has 6 heteroatoms. The van der Waals surface area contributed by atoms with Crippen LogP contribution in [0.4, 0.5) is 9.59 Å². The number of benzene rings is 3. The monoisotopic (exact) mass is 456 g/mol. The van der Waals surface area contributed by atoms with E-state index in [4.69, 9.17) is 9.47 Å². The Balaban J connectivity index is 1.14. The second-order valence-corrected chi connectivity index (χ2v) is 8.71. The normalized spacial score (nSPS) is 15.9. The van der Waals surface area contributed by atoms with Crippen LogP contribution in [0.1, 0.15) is 35.6 Å². The Labute approximate surface area is 199 Å². The van der Waals surface area contributed by atoms with Gasteiger partial charge in [-0.15, -0.1) is 0 Å². The second-order valence-electron chi connectivity index (χ2n) is 8.71. The van der Waals surface area contributed by atoms with Gasteiger partial charge in [-0.05, 0) is 34.7 Å². The van der Waals surface area contributed by atoms with Gasteiger partial charge < -0.3 is 19.3 Å². The molecule has 34 heavy (non-hydrogen) atoms. The molecule has 2 amide bonds. The zero-order valence-electron chi connectivity index (χ0n) is 19.2. The van der Waals surface area contributed by atoms with E-state index in [1.165, 1.54) is 22.3 Å². The zero-order valence-corrected chi connectivity index (χ0v) is 19.2. The maximum Gasteiger partial charge on any atom is 0.410 e. The summed E-state index contributed by atoms with van der Waals surface area (Å²) in [5.74, 6) is 0.0343. The third kappa shape index (κ3) is 4.36. The molecule has 0 N–H and O–H groups in total. The first-order chi connectivity index (χ1) is 16.6. The van der Waals surface area contributed by atoms with Crippen molar-refractivity contribution in [3.63, 3.8) is 0 Å². The van der Waals surface area contributed by atoms with E-state index < -0.39 is 0 Å². The van der Waals surface area contributed by atoms with E-state index in [2.05, 4.69) is 24.3 Å². The average Bonchev–Trinajstić information content (AvgIpc) is 3.21. The Hall–Kier alpha value is -3.80. The molecule has 0 spiro atoms. The highest BCUT2D eigenvalue weighted by molar-refractivity contribution is 5.79. The van der Waals surface area contributed by atoms with Gasteiger partial charge in [0, 0.05) is 32.1 Å². The third-order valence-corrected chi connectivity index (χ3v) is 6.68. The first kappa shape index (κ1) is 22.0. The highest BCUT2D eigenvalue weighted by Gasteiger charge is 2.31. The van der Waals surface area contributed by atoms with Gasteiger partial charge in [0.2, 0.25) is 0 Å². The van der Waals surface area contributed by atoms with Gasteiger partial charge in [-0.1, -0.05) is 78.9 Å². The number of nitrogens with zero attached hydrogens (tertiary/aromatic N) is 2. The lowest BCUT2D eigenvalue weighted by Crippen LogP contribution is -2.51. The molecule has 3 aromatic carbocycles. The topological polar surface area (TPSA) is 59.1 Å². The van der Waals surface area contributed by atoms with Gasteiger partial charge in [0.15, 0.2) is 0 Å². The molecule has 1 saturated heterocycles. The van der Waals surface area contributed by atoms with Crippen molar-refractivity contribution in [1.29, 1.82) is 0 Å². The quantitative estimate of drug-likeness (QED) is 0.524. The number of fused-ring (bicyclic) bond motifs is 3. The number of carbonyl (C=O) groups excluding carboxylic acids is 2. The summed E-state index contributed by atoms with van der Waals surface area (Å²) >= 11 is 0. The first-order valence-corrected chi connectivity index (χ1v) is 11.7. The highest BCUT2D eigenvalue weighted by atomic mass is 16.6. The standard InChI is InChI=1S/C28H28N2O4/c1-20(21-9-3-2-4-10-21)34-28(32)30-17-15-29(16-18-30)27(31)33-19-26-24-13-7-5-11-22(24)23-12-6-8-14-25(23)26/h2-14,20,26H,15-19H2,1H3. The number of hydrogen-bond donors (Lipinski definition) is 0. The molecule has 0 radical (unpaired) electrons. The molecule has 0 bridgehead atoms. The number of piperazine rings is 1. The molecule has 5 rings (SSSR count). The summed E-state index contributed by atoms with van der Waals surface area (Å²) in [4.78, 5) is 28.7. The molecule has 1 aliphatic heterocycles. The van der Waals surface area contributed by atoms with Gasteiger partial charge >= 0.3 is 12.2 Å². The van der Waals surface area contributed by atoms with Crippen LogP contribution in [0.2, 0.25) is 0 Å². The predicted octanol–water partition coefficient (Wildman–Crippen LogP) is 5.45. The number of ether oxygens (including phenoxy) is 2. The maximum atomic E-state index is 12.8. The molecule has 1 aliphatic carbocycles. The van der Waals surface area contributed by atoms with Crippen LogP contribution >= 0.6 is 0 Å². The van der Waals surface area contributed by atoms with Gasteiger partial charge in [-0.25, -0.2) is 9.59 Å². The SMILES string of the molecule is CC(OC(=O)N1CCN(C(=O)OCC2c3ccccc3-c3ccccc32)CC1)c1ccccc1. The Kier molecular flexibility index (Phi) is 6.21. The van der Waals surface area contributed by atoms with E-state index in [0.717, 1.165) is 5.56 Å². The molecule has 0 saturated carbocycles. The number of amides is 2. The fourth-order valence-electron chi connectivity index (χ4n) is 4.77. The van der Waals surface area contributed by atoms with E-state index in [1.54, 1.807) is 9.80 Å². The molecule has 1 unspecified atom stereocenters. The molecule has 1 atom stereocenters. The number of carbonyl (C=O) groups is 2. The smallest absolute Gasteiger partial charge is 0.410 e. The fraction of sp³-hybridized carbons (Fsp3) is 0.286. The Morgan fingerprint density at radius 2 is 1.26 bits per heavy atom. The maximum absolute atomic E-state index is 12.8. The molecule has 1 heterocycles. The fourth-order valence-corrected chi connectivity index (χ4v) is 4.77. The molecule has 0 aromatic heterocycles.